The summed E-state index contributed by atoms with van der Waals surface area (Å²) in [7, 11) is 0. The fourth-order valence-corrected chi connectivity index (χ4v) is 2.97. The Kier molecular flexibility index (Phi) is 5.33. The molecule has 0 aromatic heterocycles. The Labute approximate surface area is 124 Å². The first-order valence-electron chi connectivity index (χ1n) is 7.35. The van der Waals surface area contributed by atoms with Crippen molar-refractivity contribution in [1.82, 2.24) is 4.90 Å². The molecule has 1 fully saturated rings. The van der Waals surface area contributed by atoms with E-state index in [-0.39, 0.29) is 12.5 Å². The second-order valence-electron chi connectivity index (χ2n) is 5.51. The number of carboxylic acids is 2. The lowest BCUT2D eigenvalue weighted by Crippen LogP contribution is -2.39. The average molecular weight is 291 g/mol. The summed E-state index contributed by atoms with van der Waals surface area (Å²) in [5.41, 5.74) is 1.13. The summed E-state index contributed by atoms with van der Waals surface area (Å²) < 4.78 is 0. The molecule has 1 aliphatic heterocycles. The van der Waals surface area contributed by atoms with E-state index >= 15 is 0 Å². The van der Waals surface area contributed by atoms with Crippen molar-refractivity contribution in [3.05, 3.63) is 35.4 Å². The fourth-order valence-electron chi connectivity index (χ4n) is 2.97. The minimum absolute atomic E-state index is 0.168. The van der Waals surface area contributed by atoms with Crippen LogP contribution in [0.3, 0.4) is 0 Å². The SMILES string of the molecule is O=C(O)CCC1CCCCN1Cc1ccccc1C(=O)O. The number of hydrogen-bond donors (Lipinski definition) is 2. The first kappa shape index (κ1) is 15.5. The number of piperidine rings is 1. The molecule has 1 aromatic rings. The minimum atomic E-state index is -0.912. The van der Waals surface area contributed by atoms with Gasteiger partial charge in [-0.05, 0) is 37.4 Å². The van der Waals surface area contributed by atoms with Crippen molar-refractivity contribution in [2.45, 2.75) is 44.7 Å². The third kappa shape index (κ3) is 4.29. The van der Waals surface area contributed by atoms with Gasteiger partial charge in [0.1, 0.15) is 0 Å². The molecule has 1 saturated heterocycles. The molecule has 1 aromatic carbocycles. The van der Waals surface area contributed by atoms with Gasteiger partial charge in [-0.3, -0.25) is 9.69 Å². The standard InChI is InChI=1S/C16H21NO4/c18-15(19)9-8-13-6-3-4-10-17(13)11-12-5-1-2-7-14(12)16(20)21/h1-2,5,7,13H,3-4,6,8-11H2,(H,18,19)(H,20,21). The van der Waals surface area contributed by atoms with Crippen LogP contribution in [0, 0.1) is 0 Å². The zero-order valence-electron chi connectivity index (χ0n) is 12.0. The van der Waals surface area contributed by atoms with Gasteiger partial charge in [0.05, 0.1) is 5.56 Å². The van der Waals surface area contributed by atoms with Gasteiger partial charge in [0, 0.05) is 19.0 Å². The Balaban J connectivity index is 2.08. The van der Waals surface area contributed by atoms with E-state index in [1.54, 1.807) is 12.1 Å². The number of nitrogens with zero attached hydrogens (tertiary/aromatic N) is 1. The summed E-state index contributed by atoms with van der Waals surface area (Å²) in [6, 6.07) is 7.26. The molecule has 0 aliphatic carbocycles. The van der Waals surface area contributed by atoms with E-state index < -0.39 is 11.9 Å². The minimum Gasteiger partial charge on any atom is -0.481 e. The lowest BCUT2D eigenvalue weighted by molar-refractivity contribution is -0.137. The van der Waals surface area contributed by atoms with Crippen LogP contribution >= 0.6 is 0 Å². The van der Waals surface area contributed by atoms with Crippen molar-refractivity contribution in [3.63, 3.8) is 0 Å². The molecule has 1 aliphatic rings. The highest BCUT2D eigenvalue weighted by Gasteiger charge is 2.24. The Morgan fingerprint density at radius 3 is 2.67 bits per heavy atom. The second-order valence-corrected chi connectivity index (χ2v) is 5.51. The van der Waals surface area contributed by atoms with E-state index in [9.17, 15) is 14.7 Å². The van der Waals surface area contributed by atoms with Crippen molar-refractivity contribution >= 4 is 11.9 Å². The molecule has 2 rings (SSSR count). The predicted molar refractivity (Wildman–Crippen MR) is 78.3 cm³/mol. The number of hydrogen-bond acceptors (Lipinski definition) is 3. The van der Waals surface area contributed by atoms with Crippen LogP contribution < -0.4 is 0 Å². The van der Waals surface area contributed by atoms with Gasteiger partial charge in [-0.15, -0.1) is 0 Å². The van der Waals surface area contributed by atoms with Gasteiger partial charge < -0.3 is 10.2 Å². The quantitative estimate of drug-likeness (QED) is 0.842. The first-order chi connectivity index (χ1) is 10.1. The maximum absolute atomic E-state index is 11.3. The summed E-state index contributed by atoms with van der Waals surface area (Å²) in [6.45, 7) is 1.48. The highest BCUT2D eigenvalue weighted by molar-refractivity contribution is 5.89. The van der Waals surface area contributed by atoms with Crippen LogP contribution in [0.2, 0.25) is 0 Å². The van der Waals surface area contributed by atoms with E-state index in [1.165, 1.54) is 0 Å². The van der Waals surface area contributed by atoms with E-state index in [4.69, 9.17) is 5.11 Å². The van der Waals surface area contributed by atoms with Crippen molar-refractivity contribution in [1.29, 1.82) is 0 Å². The molecule has 5 nitrogen and oxygen atoms in total. The Morgan fingerprint density at radius 1 is 1.19 bits per heavy atom. The number of aliphatic carboxylic acids is 1. The van der Waals surface area contributed by atoms with Crippen molar-refractivity contribution in [2.75, 3.05) is 6.54 Å². The van der Waals surface area contributed by atoms with Crippen LogP contribution in [-0.2, 0) is 11.3 Å². The largest absolute Gasteiger partial charge is 0.481 e. The topological polar surface area (TPSA) is 77.8 Å². The van der Waals surface area contributed by atoms with E-state index in [2.05, 4.69) is 4.90 Å². The number of carbonyl (C=O) groups is 2. The zero-order valence-corrected chi connectivity index (χ0v) is 12.0. The monoisotopic (exact) mass is 291 g/mol. The van der Waals surface area contributed by atoms with Crippen LogP contribution in [0.25, 0.3) is 0 Å². The summed E-state index contributed by atoms with van der Waals surface area (Å²) in [4.78, 5) is 24.2. The van der Waals surface area contributed by atoms with E-state index in [0.717, 1.165) is 31.4 Å². The zero-order chi connectivity index (χ0) is 15.2. The highest BCUT2D eigenvalue weighted by Crippen LogP contribution is 2.24. The van der Waals surface area contributed by atoms with E-state index in [1.807, 2.05) is 12.1 Å². The van der Waals surface area contributed by atoms with Gasteiger partial charge in [0.25, 0.3) is 0 Å². The number of rotatable bonds is 6. The van der Waals surface area contributed by atoms with Crippen LogP contribution in [0.15, 0.2) is 24.3 Å². The van der Waals surface area contributed by atoms with Gasteiger partial charge in [-0.25, -0.2) is 4.79 Å². The molecular weight excluding hydrogens is 270 g/mol. The van der Waals surface area contributed by atoms with Gasteiger partial charge in [-0.2, -0.15) is 0 Å². The molecular formula is C16H21NO4. The van der Waals surface area contributed by atoms with Gasteiger partial charge in [0.15, 0.2) is 0 Å². The molecule has 1 unspecified atom stereocenters. The van der Waals surface area contributed by atoms with Crippen LogP contribution in [0.1, 0.15) is 48.0 Å². The third-order valence-corrected chi connectivity index (χ3v) is 4.06. The molecule has 5 heteroatoms. The first-order valence-corrected chi connectivity index (χ1v) is 7.35. The predicted octanol–water partition coefficient (Wildman–Crippen LogP) is 2.60. The molecule has 21 heavy (non-hydrogen) atoms. The maximum Gasteiger partial charge on any atom is 0.336 e. The lowest BCUT2D eigenvalue weighted by atomic mass is 9.96. The Morgan fingerprint density at radius 2 is 1.95 bits per heavy atom. The third-order valence-electron chi connectivity index (χ3n) is 4.06. The summed E-state index contributed by atoms with van der Waals surface area (Å²) >= 11 is 0. The highest BCUT2D eigenvalue weighted by atomic mass is 16.4. The lowest BCUT2D eigenvalue weighted by Gasteiger charge is -2.36. The molecule has 0 bridgehead atoms. The smallest absolute Gasteiger partial charge is 0.336 e. The second kappa shape index (κ2) is 7.22. The molecule has 1 heterocycles. The number of likely N-dealkylation sites (tertiary alicyclic amines) is 1. The van der Waals surface area contributed by atoms with Gasteiger partial charge >= 0.3 is 11.9 Å². The molecule has 0 spiro atoms. The molecule has 114 valence electrons. The van der Waals surface area contributed by atoms with Gasteiger partial charge in [0.2, 0.25) is 0 Å². The molecule has 1 atom stereocenters. The Hall–Kier alpha value is -1.88. The molecule has 2 N–H and O–H groups in total. The number of aromatic carboxylic acids is 1. The average Bonchev–Trinajstić information content (AvgIpc) is 2.46. The molecule has 0 amide bonds. The van der Waals surface area contributed by atoms with Crippen molar-refractivity contribution in [2.24, 2.45) is 0 Å². The molecule has 0 saturated carbocycles. The number of carboxylic acid groups (broad SMARTS) is 2. The van der Waals surface area contributed by atoms with Crippen LogP contribution in [0.4, 0.5) is 0 Å². The van der Waals surface area contributed by atoms with Crippen molar-refractivity contribution in [3.8, 4) is 0 Å². The molecule has 0 radical (unpaired) electrons. The van der Waals surface area contributed by atoms with Crippen molar-refractivity contribution < 1.29 is 19.8 Å². The fraction of sp³-hybridized carbons (Fsp3) is 0.500. The summed E-state index contributed by atoms with van der Waals surface area (Å²) in [6.07, 6.45) is 3.98. The maximum atomic E-state index is 11.3. The van der Waals surface area contributed by atoms with Crippen LogP contribution in [-0.4, -0.2) is 39.6 Å². The van der Waals surface area contributed by atoms with E-state index in [0.29, 0.717) is 18.5 Å². The van der Waals surface area contributed by atoms with Crippen LogP contribution in [0.5, 0.6) is 0 Å². The normalized spacial score (nSPS) is 19.3. The summed E-state index contributed by atoms with van der Waals surface area (Å²) in [5, 5.41) is 18.1. The number of benzene rings is 1. The van der Waals surface area contributed by atoms with Gasteiger partial charge in [-0.1, -0.05) is 24.6 Å². The summed E-state index contributed by atoms with van der Waals surface area (Å²) in [5.74, 6) is -1.68. The Bertz CT molecular complexity index is 515.